The molecule has 10 heavy (non-hydrogen) atoms. The van der Waals surface area contributed by atoms with Gasteiger partial charge in [0.15, 0.2) is 0 Å². The molecule has 1 aromatic rings. The lowest BCUT2D eigenvalue weighted by atomic mass is 10.4. The zero-order valence-corrected chi connectivity index (χ0v) is 5.46. The van der Waals surface area contributed by atoms with E-state index in [0.717, 1.165) is 5.22 Å². The molecule has 4 heteroatoms. The Bertz CT molecular complexity index is 318. The first kappa shape index (κ1) is 6.54. The molecule has 0 aliphatic carbocycles. The maximum atomic E-state index is 5.32. The Morgan fingerprint density at radius 3 is 2.60 bits per heavy atom. The summed E-state index contributed by atoms with van der Waals surface area (Å²) in [5.41, 5.74) is 15.9. The number of aromatic nitrogens is 1. The number of hydrogen-bond donors (Lipinski definition) is 4. The molecular weight excluding hydrogens is 128 g/mol. The van der Waals surface area contributed by atoms with Crippen LogP contribution in [0, 0.1) is 0 Å². The highest BCUT2D eigenvalue weighted by Crippen LogP contribution is 1.61. The molecule has 0 fully saturated rings. The molecule has 0 saturated heterocycles. The summed E-state index contributed by atoms with van der Waals surface area (Å²) in [4.78, 5) is 2.86. The molecule has 4 nitrogen and oxygen atoms in total. The molecule has 0 atom stereocenters. The van der Waals surface area contributed by atoms with E-state index in [1.807, 2.05) is 0 Å². The lowest BCUT2D eigenvalue weighted by Gasteiger charge is -1.85. The van der Waals surface area contributed by atoms with Gasteiger partial charge in [-0.2, -0.15) is 0 Å². The molecule has 1 aromatic heterocycles. The van der Waals surface area contributed by atoms with Crippen molar-refractivity contribution in [2.24, 2.45) is 17.2 Å². The van der Waals surface area contributed by atoms with E-state index in [-0.39, 0.29) is 5.82 Å². The van der Waals surface area contributed by atoms with Gasteiger partial charge in [-0.15, -0.1) is 0 Å². The SMILES string of the molecule is N/C=c1/cc[nH]c1=C(N)N. The van der Waals surface area contributed by atoms with Crippen LogP contribution in [-0.2, 0) is 0 Å². The summed E-state index contributed by atoms with van der Waals surface area (Å²) in [6, 6.07) is 1.80. The van der Waals surface area contributed by atoms with Crippen LogP contribution in [0.15, 0.2) is 12.3 Å². The Morgan fingerprint density at radius 2 is 2.20 bits per heavy atom. The summed E-state index contributed by atoms with van der Waals surface area (Å²) < 4.78 is 0. The van der Waals surface area contributed by atoms with E-state index < -0.39 is 0 Å². The zero-order chi connectivity index (χ0) is 7.56. The van der Waals surface area contributed by atoms with Crippen LogP contribution in [0.2, 0.25) is 0 Å². The van der Waals surface area contributed by atoms with Gasteiger partial charge in [-0.25, -0.2) is 0 Å². The zero-order valence-electron chi connectivity index (χ0n) is 5.46. The average molecular weight is 138 g/mol. The predicted octanol–water partition coefficient (Wildman–Crippen LogP) is -2.31. The summed E-state index contributed by atoms with van der Waals surface area (Å²) in [5.74, 6) is 0.252. The maximum absolute atomic E-state index is 5.32. The number of rotatable bonds is 0. The van der Waals surface area contributed by atoms with Gasteiger partial charge in [0.2, 0.25) is 0 Å². The Kier molecular flexibility index (Phi) is 1.53. The van der Waals surface area contributed by atoms with Gasteiger partial charge in [0, 0.05) is 17.6 Å². The van der Waals surface area contributed by atoms with E-state index in [4.69, 9.17) is 17.2 Å². The normalized spacial score (nSPS) is 11.8. The fraction of sp³-hybridized carbons (Fsp3) is 0. The van der Waals surface area contributed by atoms with Crippen LogP contribution < -0.4 is 27.8 Å². The second-order valence-electron chi connectivity index (χ2n) is 1.93. The monoisotopic (exact) mass is 138 g/mol. The van der Waals surface area contributed by atoms with Gasteiger partial charge in [-0.05, 0) is 6.07 Å². The van der Waals surface area contributed by atoms with Crippen molar-refractivity contribution in [3.05, 3.63) is 22.8 Å². The molecule has 0 amide bonds. The van der Waals surface area contributed by atoms with E-state index >= 15 is 0 Å². The summed E-state index contributed by atoms with van der Waals surface area (Å²) >= 11 is 0. The smallest absolute Gasteiger partial charge is 0.118 e. The fourth-order valence-corrected chi connectivity index (χ4v) is 0.770. The largest absolute Gasteiger partial charge is 0.404 e. The fourth-order valence-electron chi connectivity index (χ4n) is 0.770. The van der Waals surface area contributed by atoms with E-state index in [2.05, 4.69) is 4.98 Å². The quantitative estimate of drug-likeness (QED) is 0.324. The van der Waals surface area contributed by atoms with Crippen LogP contribution in [0.3, 0.4) is 0 Å². The number of nitrogens with one attached hydrogen (secondary N) is 1. The molecule has 0 bridgehead atoms. The number of hydrogen-bond acceptors (Lipinski definition) is 3. The van der Waals surface area contributed by atoms with Crippen molar-refractivity contribution in [3.8, 4) is 0 Å². The van der Waals surface area contributed by atoms with E-state index in [1.54, 1.807) is 12.3 Å². The third kappa shape index (κ3) is 0.907. The molecule has 1 rings (SSSR count). The Hall–Kier alpha value is -1.58. The second-order valence-corrected chi connectivity index (χ2v) is 1.93. The van der Waals surface area contributed by atoms with Crippen molar-refractivity contribution in [1.82, 2.24) is 4.98 Å². The van der Waals surface area contributed by atoms with Crippen LogP contribution in [-0.4, -0.2) is 4.98 Å². The maximum Gasteiger partial charge on any atom is 0.118 e. The molecule has 0 aliphatic heterocycles. The highest BCUT2D eigenvalue weighted by molar-refractivity contribution is 5.35. The van der Waals surface area contributed by atoms with Gasteiger partial charge in [0.05, 0.1) is 5.35 Å². The molecule has 1 heterocycles. The number of aromatic amines is 1. The molecule has 0 saturated carbocycles. The van der Waals surface area contributed by atoms with E-state index in [1.165, 1.54) is 6.20 Å². The minimum atomic E-state index is 0.252. The second kappa shape index (κ2) is 2.34. The van der Waals surface area contributed by atoms with E-state index in [0.29, 0.717) is 5.35 Å². The van der Waals surface area contributed by atoms with Crippen molar-refractivity contribution in [1.29, 1.82) is 0 Å². The van der Waals surface area contributed by atoms with Crippen molar-refractivity contribution in [3.63, 3.8) is 0 Å². The summed E-state index contributed by atoms with van der Waals surface area (Å²) in [7, 11) is 0. The van der Waals surface area contributed by atoms with Gasteiger partial charge in [-0.3, -0.25) is 0 Å². The third-order valence-electron chi connectivity index (χ3n) is 1.25. The summed E-state index contributed by atoms with van der Waals surface area (Å²) in [6.45, 7) is 0. The average Bonchev–Trinajstić information content (AvgIpc) is 2.33. The first-order valence-corrected chi connectivity index (χ1v) is 2.86. The van der Waals surface area contributed by atoms with Crippen LogP contribution >= 0.6 is 0 Å². The topological polar surface area (TPSA) is 93.8 Å². The van der Waals surface area contributed by atoms with Crippen LogP contribution in [0.1, 0.15) is 0 Å². The molecule has 0 aliphatic rings. The highest BCUT2D eigenvalue weighted by atomic mass is 14.8. The molecule has 0 radical (unpaired) electrons. The standard InChI is InChI=1S/C6H10N4/c7-3-4-1-2-10-5(4)6(8)9/h1-3,10H,7-9H2/b4-3-. The molecule has 54 valence electrons. The van der Waals surface area contributed by atoms with E-state index in [9.17, 15) is 0 Å². The molecule has 0 aromatic carbocycles. The number of nitrogens with two attached hydrogens (primary N) is 3. The van der Waals surface area contributed by atoms with Crippen LogP contribution in [0.4, 0.5) is 0 Å². The van der Waals surface area contributed by atoms with Gasteiger partial charge >= 0.3 is 0 Å². The molecule has 0 spiro atoms. The van der Waals surface area contributed by atoms with Gasteiger partial charge in [0.25, 0.3) is 0 Å². The summed E-state index contributed by atoms with van der Waals surface area (Å²) in [5, 5.41) is 1.50. The minimum Gasteiger partial charge on any atom is -0.404 e. The lowest BCUT2D eigenvalue weighted by Crippen LogP contribution is -2.32. The third-order valence-corrected chi connectivity index (χ3v) is 1.25. The van der Waals surface area contributed by atoms with Crippen molar-refractivity contribution in [2.45, 2.75) is 0 Å². The Labute approximate surface area is 58.0 Å². The van der Waals surface area contributed by atoms with Crippen molar-refractivity contribution >= 4 is 12.0 Å². The van der Waals surface area contributed by atoms with Gasteiger partial charge in [0.1, 0.15) is 5.82 Å². The Balaban J connectivity index is 3.59. The molecule has 0 unspecified atom stereocenters. The van der Waals surface area contributed by atoms with Crippen molar-refractivity contribution < 1.29 is 0 Å². The first-order chi connectivity index (χ1) is 4.75. The van der Waals surface area contributed by atoms with Crippen molar-refractivity contribution in [2.75, 3.05) is 0 Å². The van der Waals surface area contributed by atoms with Gasteiger partial charge < -0.3 is 22.2 Å². The molecule has 7 N–H and O–H groups in total. The lowest BCUT2D eigenvalue weighted by molar-refractivity contribution is 1.24. The van der Waals surface area contributed by atoms with Crippen LogP contribution in [0.25, 0.3) is 12.0 Å². The Morgan fingerprint density at radius 1 is 1.50 bits per heavy atom. The van der Waals surface area contributed by atoms with Crippen LogP contribution in [0.5, 0.6) is 0 Å². The molecular formula is C6H10N4. The summed E-state index contributed by atoms with van der Waals surface area (Å²) in [6.07, 6.45) is 3.18. The van der Waals surface area contributed by atoms with Gasteiger partial charge in [-0.1, -0.05) is 0 Å². The predicted molar refractivity (Wildman–Crippen MR) is 40.5 cm³/mol. The first-order valence-electron chi connectivity index (χ1n) is 2.86. The number of H-pyrrole nitrogens is 1. The highest BCUT2D eigenvalue weighted by Gasteiger charge is 1.86. The minimum absolute atomic E-state index is 0.252.